The second-order valence-corrected chi connectivity index (χ2v) is 4.43. The van der Waals surface area contributed by atoms with E-state index < -0.39 is 0 Å². The van der Waals surface area contributed by atoms with Gasteiger partial charge in [0.05, 0.1) is 6.61 Å². The lowest BCUT2D eigenvalue weighted by atomic mass is 10.2. The molecule has 5 nitrogen and oxygen atoms in total. The molecule has 1 atom stereocenters. The molecule has 0 aromatic heterocycles. The van der Waals surface area contributed by atoms with Gasteiger partial charge >= 0.3 is 5.97 Å². The van der Waals surface area contributed by atoms with E-state index in [-0.39, 0.29) is 12.0 Å². The highest BCUT2D eigenvalue weighted by atomic mass is 16.5. The molecule has 102 valence electrons. The summed E-state index contributed by atoms with van der Waals surface area (Å²) in [5, 5.41) is 3.16. The van der Waals surface area contributed by atoms with Gasteiger partial charge in [-0.2, -0.15) is 0 Å². The molecule has 0 saturated heterocycles. The van der Waals surface area contributed by atoms with Crippen molar-refractivity contribution in [2.45, 2.75) is 19.9 Å². The van der Waals surface area contributed by atoms with E-state index in [2.05, 4.69) is 15.1 Å². The van der Waals surface area contributed by atoms with Crippen LogP contribution in [0.15, 0.2) is 0 Å². The average Bonchev–Trinajstić information content (AvgIpc) is 2.26. The molecule has 0 spiro atoms. The fourth-order valence-electron chi connectivity index (χ4n) is 1.49. The number of nitrogens with zero attached hydrogens (tertiary/aromatic N) is 2. The van der Waals surface area contributed by atoms with Crippen molar-refractivity contribution in [3.63, 3.8) is 0 Å². The van der Waals surface area contributed by atoms with E-state index >= 15 is 0 Å². The van der Waals surface area contributed by atoms with Gasteiger partial charge in [0.25, 0.3) is 0 Å². The molecule has 0 aliphatic carbocycles. The van der Waals surface area contributed by atoms with Gasteiger partial charge < -0.3 is 19.9 Å². The summed E-state index contributed by atoms with van der Waals surface area (Å²) >= 11 is 0. The van der Waals surface area contributed by atoms with E-state index in [0.29, 0.717) is 13.2 Å². The van der Waals surface area contributed by atoms with Crippen molar-refractivity contribution in [1.82, 2.24) is 15.1 Å². The van der Waals surface area contributed by atoms with Crippen LogP contribution in [0.4, 0.5) is 0 Å². The summed E-state index contributed by atoms with van der Waals surface area (Å²) in [7, 11) is 6.11. The van der Waals surface area contributed by atoms with Crippen molar-refractivity contribution in [2.24, 2.45) is 0 Å². The molecule has 0 amide bonds. The molecule has 0 fully saturated rings. The molecule has 0 bridgehead atoms. The van der Waals surface area contributed by atoms with Gasteiger partial charge in [-0.05, 0) is 34.6 Å². The molecule has 5 heteroatoms. The molecule has 0 radical (unpaired) electrons. The van der Waals surface area contributed by atoms with Crippen LogP contribution in [0.3, 0.4) is 0 Å². The van der Waals surface area contributed by atoms with Crippen molar-refractivity contribution in [3.05, 3.63) is 0 Å². The van der Waals surface area contributed by atoms with E-state index in [4.69, 9.17) is 4.74 Å². The van der Waals surface area contributed by atoms with Gasteiger partial charge in [0, 0.05) is 19.6 Å². The Kier molecular flexibility index (Phi) is 9.03. The maximum Gasteiger partial charge on any atom is 0.324 e. The summed E-state index contributed by atoms with van der Waals surface area (Å²) in [5.74, 6) is -0.161. The van der Waals surface area contributed by atoms with Gasteiger partial charge in [0.1, 0.15) is 6.04 Å². The zero-order valence-electron chi connectivity index (χ0n) is 11.8. The van der Waals surface area contributed by atoms with E-state index in [1.807, 2.05) is 35.0 Å². The lowest BCUT2D eigenvalue weighted by molar-refractivity contribution is -0.146. The van der Waals surface area contributed by atoms with Gasteiger partial charge in [-0.1, -0.05) is 6.92 Å². The molecule has 0 saturated carbocycles. The molecule has 0 aliphatic heterocycles. The van der Waals surface area contributed by atoms with Crippen LogP contribution in [-0.2, 0) is 9.53 Å². The zero-order chi connectivity index (χ0) is 13.3. The Labute approximate surface area is 105 Å². The number of carbonyl (C=O) groups excluding carboxylic acids is 1. The van der Waals surface area contributed by atoms with Crippen LogP contribution in [0.25, 0.3) is 0 Å². The fraction of sp³-hybridized carbons (Fsp3) is 0.917. The first-order chi connectivity index (χ1) is 8.01. The van der Waals surface area contributed by atoms with Gasteiger partial charge in [-0.3, -0.25) is 4.79 Å². The first-order valence-electron chi connectivity index (χ1n) is 6.24. The van der Waals surface area contributed by atoms with E-state index in [1.54, 1.807) is 0 Å². The second kappa shape index (κ2) is 9.39. The Bertz CT molecular complexity index is 210. The number of hydrogen-bond acceptors (Lipinski definition) is 5. The van der Waals surface area contributed by atoms with Gasteiger partial charge in [-0.25, -0.2) is 0 Å². The molecule has 0 rings (SSSR count). The maximum atomic E-state index is 11.7. The SMILES string of the molecule is CCNC(CN(C)CCN(C)C)C(=O)OCC. The first-order valence-corrected chi connectivity index (χ1v) is 6.24. The lowest BCUT2D eigenvalue weighted by Gasteiger charge is -2.24. The predicted molar refractivity (Wildman–Crippen MR) is 70.1 cm³/mol. The molecule has 0 aromatic carbocycles. The number of hydrogen-bond donors (Lipinski definition) is 1. The second-order valence-electron chi connectivity index (χ2n) is 4.43. The normalized spacial score (nSPS) is 13.1. The minimum atomic E-state index is -0.230. The highest BCUT2D eigenvalue weighted by Gasteiger charge is 2.20. The van der Waals surface area contributed by atoms with Crippen LogP contribution in [-0.4, -0.2) is 75.7 Å². The topological polar surface area (TPSA) is 44.8 Å². The Morgan fingerprint density at radius 2 is 1.88 bits per heavy atom. The lowest BCUT2D eigenvalue weighted by Crippen LogP contribution is -2.47. The molecule has 1 N–H and O–H groups in total. The Balaban J connectivity index is 4.09. The minimum Gasteiger partial charge on any atom is -0.465 e. The standard InChI is InChI=1S/C12H27N3O2/c1-6-13-11(12(16)17-7-2)10-15(5)9-8-14(3)4/h11,13H,6-10H2,1-5H3. The van der Waals surface area contributed by atoms with Crippen LogP contribution < -0.4 is 5.32 Å². The zero-order valence-corrected chi connectivity index (χ0v) is 11.8. The summed E-state index contributed by atoms with van der Waals surface area (Å²) in [6.45, 7) is 7.63. The van der Waals surface area contributed by atoms with Crippen molar-refractivity contribution < 1.29 is 9.53 Å². The van der Waals surface area contributed by atoms with Gasteiger partial charge in [-0.15, -0.1) is 0 Å². The largest absolute Gasteiger partial charge is 0.465 e. The van der Waals surface area contributed by atoms with E-state index in [1.165, 1.54) is 0 Å². The third kappa shape index (κ3) is 8.12. The summed E-state index contributed by atoms with van der Waals surface area (Å²) in [5.41, 5.74) is 0. The highest BCUT2D eigenvalue weighted by Crippen LogP contribution is 1.94. The number of esters is 1. The minimum absolute atomic E-state index is 0.161. The van der Waals surface area contributed by atoms with Crippen molar-refractivity contribution in [3.8, 4) is 0 Å². The number of nitrogens with one attached hydrogen (secondary N) is 1. The number of rotatable bonds is 9. The maximum absolute atomic E-state index is 11.7. The number of carbonyl (C=O) groups is 1. The summed E-state index contributed by atoms with van der Waals surface area (Å²) in [6.07, 6.45) is 0. The highest BCUT2D eigenvalue weighted by molar-refractivity contribution is 5.76. The molecule has 0 aromatic rings. The Morgan fingerprint density at radius 1 is 1.24 bits per heavy atom. The van der Waals surface area contributed by atoms with Crippen LogP contribution in [0.5, 0.6) is 0 Å². The van der Waals surface area contributed by atoms with Crippen LogP contribution in [0.1, 0.15) is 13.8 Å². The first kappa shape index (κ1) is 16.4. The molecule has 0 heterocycles. The summed E-state index contributed by atoms with van der Waals surface area (Å²) < 4.78 is 5.04. The molecular weight excluding hydrogens is 218 g/mol. The van der Waals surface area contributed by atoms with Gasteiger partial charge in [0.15, 0.2) is 0 Å². The third-order valence-corrected chi connectivity index (χ3v) is 2.44. The Hall–Kier alpha value is -0.650. The van der Waals surface area contributed by atoms with Crippen molar-refractivity contribution in [1.29, 1.82) is 0 Å². The van der Waals surface area contributed by atoms with Crippen LogP contribution in [0.2, 0.25) is 0 Å². The average molecular weight is 245 g/mol. The summed E-state index contributed by atoms with van der Waals surface area (Å²) in [4.78, 5) is 16.0. The Morgan fingerprint density at radius 3 is 2.35 bits per heavy atom. The van der Waals surface area contributed by atoms with E-state index in [9.17, 15) is 4.79 Å². The molecule has 1 unspecified atom stereocenters. The molecular formula is C12H27N3O2. The molecule has 0 aliphatic rings. The predicted octanol–water partition coefficient (Wildman–Crippen LogP) is 0.0210. The fourth-order valence-corrected chi connectivity index (χ4v) is 1.49. The third-order valence-electron chi connectivity index (χ3n) is 2.44. The van der Waals surface area contributed by atoms with E-state index in [0.717, 1.165) is 19.6 Å². The molecule has 17 heavy (non-hydrogen) atoms. The van der Waals surface area contributed by atoms with Crippen molar-refractivity contribution in [2.75, 3.05) is 53.9 Å². The van der Waals surface area contributed by atoms with Gasteiger partial charge in [0.2, 0.25) is 0 Å². The quantitative estimate of drug-likeness (QED) is 0.580. The number of likely N-dealkylation sites (N-methyl/N-ethyl adjacent to an activating group) is 3. The van der Waals surface area contributed by atoms with Crippen molar-refractivity contribution >= 4 is 5.97 Å². The smallest absolute Gasteiger partial charge is 0.324 e. The number of ether oxygens (including phenoxy) is 1. The van der Waals surface area contributed by atoms with Crippen LogP contribution in [0, 0.1) is 0 Å². The monoisotopic (exact) mass is 245 g/mol. The van der Waals surface area contributed by atoms with Crippen LogP contribution >= 0.6 is 0 Å². The summed E-state index contributed by atoms with van der Waals surface area (Å²) in [6, 6.07) is -0.230.